The molecule has 64 valence electrons. The molecular formula is C8H9NO2S. The highest BCUT2D eigenvalue weighted by molar-refractivity contribution is 8.27. The Hall–Kier alpha value is -0.970. The van der Waals surface area contributed by atoms with Crippen molar-refractivity contribution in [3.8, 4) is 0 Å². The largest absolute Gasteiger partial charge is 0.399 e. The zero-order valence-corrected chi connectivity index (χ0v) is 7.08. The minimum absolute atomic E-state index is 0.566. The van der Waals surface area contributed by atoms with Crippen LogP contribution >= 0.6 is 10.6 Å². The fourth-order valence-corrected chi connectivity index (χ4v) is 2.44. The van der Waals surface area contributed by atoms with E-state index in [1.807, 2.05) is 0 Å². The fourth-order valence-electron chi connectivity index (χ4n) is 1.21. The van der Waals surface area contributed by atoms with Crippen LogP contribution in [0.25, 0.3) is 6.08 Å². The zero-order valence-electron chi connectivity index (χ0n) is 6.27. The molecule has 1 aromatic rings. The van der Waals surface area contributed by atoms with Crippen LogP contribution in [0.15, 0.2) is 28.5 Å². The molecular weight excluding hydrogens is 174 g/mol. The van der Waals surface area contributed by atoms with Crippen LogP contribution in [0.5, 0.6) is 0 Å². The Morgan fingerprint density at radius 3 is 2.75 bits per heavy atom. The number of benzene rings is 1. The van der Waals surface area contributed by atoms with Gasteiger partial charge in [-0.25, -0.2) is 0 Å². The van der Waals surface area contributed by atoms with Gasteiger partial charge in [0.1, 0.15) is 0 Å². The van der Waals surface area contributed by atoms with E-state index < -0.39 is 10.6 Å². The Morgan fingerprint density at radius 1 is 1.25 bits per heavy atom. The van der Waals surface area contributed by atoms with Crippen molar-refractivity contribution in [2.75, 3.05) is 5.73 Å². The van der Waals surface area contributed by atoms with Gasteiger partial charge in [0.05, 0.1) is 4.90 Å². The second kappa shape index (κ2) is 2.26. The van der Waals surface area contributed by atoms with Gasteiger partial charge >= 0.3 is 0 Å². The van der Waals surface area contributed by atoms with Crippen LogP contribution in [0.3, 0.4) is 0 Å². The highest BCUT2D eigenvalue weighted by Crippen LogP contribution is 2.56. The molecule has 4 N–H and O–H groups in total. The quantitative estimate of drug-likeness (QED) is 0.541. The molecule has 1 aliphatic heterocycles. The lowest BCUT2D eigenvalue weighted by molar-refractivity contribution is 0.501. The van der Waals surface area contributed by atoms with Crippen molar-refractivity contribution in [1.29, 1.82) is 0 Å². The molecule has 1 aliphatic rings. The van der Waals surface area contributed by atoms with Crippen molar-refractivity contribution >= 4 is 22.4 Å². The first-order chi connectivity index (χ1) is 5.59. The molecule has 0 saturated carbocycles. The molecule has 0 aliphatic carbocycles. The van der Waals surface area contributed by atoms with Crippen LogP contribution < -0.4 is 5.73 Å². The molecule has 0 unspecified atom stereocenters. The van der Waals surface area contributed by atoms with Gasteiger partial charge in [-0.15, -0.1) is 10.6 Å². The lowest BCUT2D eigenvalue weighted by atomic mass is 10.2. The average molecular weight is 183 g/mol. The Morgan fingerprint density at radius 2 is 2.00 bits per heavy atom. The Balaban J connectivity index is 2.62. The van der Waals surface area contributed by atoms with Crippen molar-refractivity contribution in [2.45, 2.75) is 4.90 Å². The lowest BCUT2D eigenvalue weighted by Crippen LogP contribution is -1.92. The van der Waals surface area contributed by atoms with Gasteiger partial charge in [-0.1, -0.05) is 0 Å². The number of anilines is 1. The molecule has 0 bridgehead atoms. The monoisotopic (exact) mass is 183 g/mol. The number of hydrogen-bond donors (Lipinski definition) is 3. The molecule has 0 spiro atoms. The van der Waals surface area contributed by atoms with Gasteiger partial charge in [0.15, 0.2) is 0 Å². The number of nitrogen functional groups attached to an aromatic ring is 1. The highest BCUT2D eigenvalue weighted by Gasteiger charge is 2.20. The van der Waals surface area contributed by atoms with E-state index in [0.717, 1.165) is 5.56 Å². The summed E-state index contributed by atoms with van der Waals surface area (Å²) in [4.78, 5) is 0.566. The molecule has 0 atom stereocenters. The van der Waals surface area contributed by atoms with Crippen LogP contribution in [0, 0.1) is 0 Å². The number of hydrogen-bond acceptors (Lipinski definition) is 3. The van der Waals surface area contributed by atoms with Crippen LogP contribution in [-0.2, 0) is 0 Å². The van der Waals surface area contributed by atoms with Crippen molar-refractivity contribution < 1.29 is 9.11 Å². The predicted molar refractivity (Wildman–Crippen MR) is 51.0 cm³/mol. The van der Waals surface area contributed by atoms with Gasteiger partial charge in [0, 0.05) is 16.7 Å². The molecule has 0 fully saturated rings. The third kappa shape index (κ3) is 1.01. The molecule has 0 amide bonds. The Labute approximate surface area is 71.9 Å². The first-order valence-corrected chi connectivity index (χ1v) is 5.06. The second-order valence-electron chi connectivity index (χ2n) is 2.69. The summed E-state index contributed by atoms with van der Waals surface area (Å²) in [5.41, 5.74) is 6.97. The molecule has 0 aromatic heterocycles. The maximum atomic E-state index is 9.45. The summed E-state index contributed by atoms with van der Waals surface area (Å²) in [6.07, 6.45) is 1.68. The lowest BCUT2D eigenvalue weighted by Gasteiger charge is -2.25. The van der Waals surface area contributed by atoms with Gasteiger partial charge in [-0.05, 0) is 24.3 Å². The van der Waals surface area contributed by atoms with Crippen LogP contribution in [0.4, 0.5) is 5.69 Å². The minimum atomic E-state index is -2.66. The van der Waals surface area contributed by atoms with Gasteiger partial charge < -0.3 is 5.73 Å². The minimum Gasteiger partial charge on any atom is -0.399 e. The van der Waals surface area contributed by atoms with E-state index in [-0.39, 0.29) is 0 Å². The fraction of sp³-hybridized carbons (Fsp3) is 0. The van der Waals surface area contributed by atoms with E-state index in [4.69, 9.17) is 5.73 Å². The van der Waals surface area contributed by atoms with Crippen molar-refractivity contribution in [2.24, 2.45) is 0 Å². The molecule has 12 heavy (non-hydrogen) atoms. The molecule has 0 radical (unpaired) electrons. The summed E-state index contributed by atoms with van der Waals surface area (Å²) in [6.45, 7) is 0. The molecule has 2 rings (SSSR count). The molecule has 3 nitrogen and oxygen atoms in total. The van der Waals surface area contributed by atoms with Crippen molar-refractivity contribution in [1.82, 2.24) is 0 Å². The summed E-state index contributed by atoms with van der Waals surface area (Å²) < 4.78 is 18.9. The first-order valence-electron chi connectivity index (χ1n) is 3.45. The standard InChI is InChI=1S/C8H9NO2S/c9-7-1-2-8-6(5-7)3-4-12(8,10)11/h1-5,10-11H,9H2. The Kier molecular flexibility index (Phi) is 1.44. The number of fused-ring (bicyclic) bond motifs is 1. The summed E-state index contributed by atoms with van der Waals surface area (Å²) in [5, 5.41) is 1.41. The smallest absolute Gasteiger partial charge is 0.0704 e. The molecule has 1 aromatic carbocycles. The third-order valence-corrected chi connectivity index (χ3v) is 3.33. The van der Waals surface area contributed by atoms with Gasteiger partial charge in [-0.2, -0.15) is 0 Å². The van der Waals surface area contributed by atoms with Gasteiger partial charge in [0.25, 0.3) is 0 Å². The van der Waals surface area contributed by atoms with E-state index in [1.165, 1.54) is 5.41 Å². The maximum absolute atomic E-state index is 9.45. The zero-order chi connectivity index (χ0) is 8.77. The normalized spacial score (nSPS) is 20.5. The highest BCUT2D eigenvalue weighted by atomic mass is 32.3. The van der Waals surface area contributed by atoms with E-state index >= 15 is 0 Å². The summed E-state index contributed by atoms with van der Waals surface area (Å²) in [6, 6.07) is 5.05. The summed E-state index contributed by atoms with van der Waals surface area (Å²) in [7, 11) is -2.66. The van der Waals surface area contributed by atoms with Crippen molar-refractivity contribution in [3.05, 3.63) is 29.2 Å². The van der Waals surface area contributed by atoms with Crippen LogP contribution in [0.2, 0.25) is 0 Å². The topological polar surface area (TPSA) is 66.5 Å². The Bertz CT molecular complexity index is 360. The summed E-state index contributed by atoms with van der Waals surface area (Å²) in [5.74, 6) is 0. The first kappa shape index (κ1) is 7.67. The van der Waals surface area contributed by atoms with Gasteiger partial charge in [0.2, 0.25) is 0 Å². The molecule has 4 heteroatoms. The summed E-state index contributed by atoms with van der Waals surface area (Å²) >= 11 is 0. The maximum Gasteiger partial charge on any atom is 0.0704 e. The van der Waals surface area contributed by atoms with E-state index in [0.29, 0.717) is 10.6 Å². The van der Waals surface area contributed by atoms with E-state index in [1.54, 1.807) is 24.3 Å². The van der Waals surface area contributed by atoms with Crippen LogP contribution in [-0.4, -0.2) is 9.11 Å². The predicted octanol–water partition coefficient (Wildman–Crippen LogP) is 2.36. The SMILES string of the molecule is Nc1ccc2c(c1)C=CS2(O)O. The van der Waals surface area contributed by atoms with Gasteiger partial charge in [-0.3, -0.25) is 9.11 Å². The third-order valence-electron chi connectivity index (χ3n) is 1.79. The van der Waals surface area contributed by atoms with E-state index in [2.05, 4.69) is 0 Å². The second-order valence-corrected chi connectivity index (χ2v) is 4.59. The average Bonchev–Trinajstić information content (AvgIpc) is 2.27. The number of rotatable bonds is 0. The van der Waals surface area contributed by atoms with E-state index in [9.17, 15) is 9.11 Å². The van der Waals surface area contributed by atoms with Crippen molar-refractivity contribution in [3.63, 3.8) is 0 Å². The van der Waals surface area contributed by atoms with Crippen LogP contribution in [0.1, 0.15) is 5.56 Å². The number of nitrogens with two attached hydrogens (primary N) is 1. The molecule has 1 heterocycles. The molecule has 0 saturated heterocycles.